The molecule has 1 aliphatic rings. The van der Waals surface area contributed by atoms with E-state index in [0.717, 1.165) is 31.2 Å². The van der Waals surface area contributed by atoms with Crippen LogP contribution in [0.5, 0.6) is 0 Å². The van der Waals surface area contributed by atoms with Gasteiger partial charge in [-0.1, -0.05) is 57.0 Å². The van der Waals surface area contributed by atoms with Gasteiger partial charge in [-0.05, 0) is 24.5 Å². The molecule has 1 fully saturated rings. The number of hydrogen-bond donors (Lipinski definition) is 1. The Bertz CT molecular complexity index is 1280. The van der Waals surface area contributed by atoms with E-state index < -0.39 is 23.9 Å². The maximum atomic E-state index is 10.7. The molecule has 1 aliphatic heterocycles. The molecule has 0 aliphatic carbocycles. The number of ether oxygens (including phenoxy) is 4. The Balaban J connectivity index is 1.79. The quantitative estimate of drug-likeness (QED) is 0.334. The zero-order valence-corrected chi connectivity index (χ0v) is 21.9. The second kappa shape index (κ2) is 12.8. The predicted molar refractivity (Wildman–Crippen MR) is 140 cm³/mol. The number of nitrogens with zero attached hydrogens (tertiary/aromatic N) is 5. The standard InChI is InChI=1S/C28H34N6O4/c1-3-5-12-35-17-22-25(36-13-6-4-2)26(37-16-20-10-8-7-9-11-20)28(18-30,38-22)23-14-21(15-29)24-27(31)32-19-33-34(23)24/h7-11,14,19,22,25-26H,3-6,12-13,16-17H2,1-2H3,(H2,31,32,33)/t22-,25-,26-,28+/m1/s1. The zero-order chi connectivity index (χ0) is 27.0. The lowest BCUT2D eigenvalue weighted by atomic mass is 9.91. The molecule has 3 aromatic rings. The summed E-state index contributed by atoms with van der Waals surface area (Å²) in [5.41, 5.74) is 6.29. The van der Waals surface area contributed by atoms with Crippen molar-refractivity contribution in [2.45, 2.75) is 70.1 Å². The van der Waals surface area contributed by atoms with Crippen LogP contribution < -0.4 is 5.73 Å². The molecular weight excluding hydrogens is 484 g/mol. The van der Waals surface area contributed by atoms with Crippen molar-refractivity contribution in [2.75, 3.05) is 25.6 Å². The van der Waals surface area contributed by atoms with Gasteiger partial charge in [0.2, 0.25) is 5.60 Å². The van der Waals surface area contributed by atoms with Gasteiger partial charge in [0.15, 0.2) is 5.82 Å². The first-order valence-electron chi connectivity index (χ1n) is 13.1. The van der Waals surface area contributed by atoms with E-state index in [1.807, 2.05) is 30.3 Å². The molecule has 10 heteroatoms. The topological polar surface area (TPSA) is 141 Å². The molecule has 0 amide bonds. The van der Waals surface area contributed by atoms with Crippen LogP contribution in [0.25, 0.3) is 5.52 Å². The summed E-state index contributed by atoms with van der Waals surface area (Å²) in [6.07, 6.45) is 2.98. The van der Waals surface area contributed by atoms with Gasteiger partial charge in [-0.25, -0.2) is 9.50 Å². The molecule has 2 N–H and O–H groups in total. The van der Waals surface area contributed by atoms with Crippen LogP contribution in [-0.4, -0.2) is 52.7 Å². The van der Waals surface area contributed by atoms with Gasteiger partial charge in [0, 0.05) is 13.2 Å². The Morgan fingerprint density at radius 1 is 1.11 bits per heavy atom. The van der Waals surface area contributed by atoms with E-state index in [2.05, 4.69) is 36.1 Å². The van der Waals surface area contributed by atoms with E-state index in [1.165, 1.54) is 10.8 Å². The van der Waals surface area contributed by atoms with Crippen LogP contribution in [0.3, 0.4) is 0 Å². The monoisotopic (exact) mass is 518 g/mol. The molecule has 200 valence electrons. The van der Waals surface area contributed by atoms with Crippen molar-refractivity contribution in [3.8, 4) is 12.1 Å². The third-order valence-electron chi connectivity index (χ3n) is 6.66. The minimum absolute atomic E-state index is 0.130. The highest BCUT2D eigenvalue weighted by Gasteiger charge is 2.60. The summed E-state index contributed by atoms with van der Waals surface area (Å²) in [4.78, 5) is 4.03. The number of nitrogen functional groups attached to an aromatic ring is 1. The Kier molecular flexibility index (Phi) is 9.27. The minimum atomic E-state index is -1.65. The Morgan fingerprint density at radius 2 is 1.87 bits per heavy atom. The molecule has 0 unspecified atom stereocenters. The first kappa shape index (κ1) is 27.5. The summed E-state index contributed by atoms with van der Waals surface area (Å²) >= 11 is 0. The highest BCUT2D eigenvalue weighted by molar-refractivity contribution is 5.75. The predicted octanol–water partition coefficient (Wildman–Crippen LogP) is 3.89. The number of aromatic nitrogens is 3. The summed E-state index contributed by atoms with van der Waals surface area (Å²) in [7, 11) is 0. The van der Waals surface area contributed by atoms with Gasteiger partial charge in [0.1, 0.15) is 42.3 Å². The van der Waals surface area contributed by atoms with Crippen molar-refractivity contribution in [2.24, 2.45) is 0 Å². The number of fused-ring (bicyclic) bond motifs is 1. The molecular formula is C28H34N6O4. The lowest BCUT2D eigenvalue weighted by Gasteiger charge is -2.29. The summed E-state index contributed by atoms with van der Waals surface area (Å²) < 4.78 is 26.8. The molecule has 4 atom stereocenters. The van der Waals surface area contributed by atoms with E-state index in [4.69, 9.17) is 24.7 Å². The normalized spacial score (nSPS) is 22.9. The number of nitrogens with two attached hydrogens (primary N) is 1. The second-order valence-electron chi connectivity index (χ2n) is 9.30. The number of hydrogen-bond acceptors (Lipinski definition) is 9. The van der Waals surface area contributed by atoms with Crippen LogP contribution in [0.2, 0.25) is 0 Å². The summed E-state index contributed by atoms with van der Waals surface area (Å²) in [5, 5.41) is 24.9. The van der Waals surface area contributed by atoms with Gasteiger partial charge in [0.25, 0.3) is 0 Å². The van der Waals surface area contributed by atoms with E-state index in [0.29, 0.717) is 24.4 Å². The average Bonchev–Trinajstić information content (AvgIpc) is 3.47. The summed E-state index contributed by atoms with van der Waals surface area (Å²) in [6, 6.07) is 15.8. The molecule has 0 spiro atoms. The lowest BCUT2D eigenvalue weighted by molar-refractivity contribution is -0.0954. The van der Waals surface area contributed by atoms with Gasteiger partial charge in [-0.3, -0.25) is 0 Å². The largest absolute Gasteiger partial charge is 0.382 e. The molecule has 0 radical (unpaired) electrons. The van der Waals surface area contributed by atoms with Crippen LogP contribution in [0, 0.1) is 22.7 Å². The molecule has 38 heavy (non-hydrogen) atoms. The van der Waals surface area contributed by atoms with Gasteiger partial charge in [-0.2, -0.15) is 15.6 Å². The molecule has 1 saturated heterocycles. The number of nitriles is 2. The molecule has 0 bridgehead atoms. The van der Waals surface area contributed by atoms with Crippen molar-refractivity contribution < 1.29 is 18.9 Å². The van der Waals surface area contributed by atoms with E-state index in [-0.39, 0.29) is 24.6 Å². The fourth-order valence-electron chi connectivity index (χ4n) is 4.68. The molecule has 10 nitrogen and oxygen atoms in total. The fraction of sp³-hybridized carbons (Fsp3) is 0.500. The van der Waals surface area contributed by atoms with Crippen LogP contribution >= 0.6 is 0 Å². The Morgan fingerprint density at radius 3 is 2.58 bits per heavy atom. The van der Waals surface area contributed by atoms with Crippen molar-refractivity contribution >= 4 is 11.3 Å². The molecule has 2 aromatic heterocycles. The Hall–Kier alpha value is -3.54. The third kappa shape index (κ3) is 5.50. The average molecular weight is 519 g/mol. The van der Waals surface area contributed by atoms with Crippen molar-refractivity contribution in [1.29, 1.82) is 10.5 Å². The highest BCUT2D eigenvalue weighted by Crippen LogP contribution is 2.44. The van der Waals surface area contributed by atoms with Crippen LogP contribution in [0.15, 0.2) is 42.7 Å². The maximum absolute atomic E-state index is 10.7. The van der Waals surface area contributed by atoms with Crippen LogP contribution in [-0.2, 0) is 31.2 Å². The fourth-order valence-corrected chi connectivity index (χ4v) is 4.68. The van der Waals surface area contributed by atoms with E-state index in [1.54, 1.807) is 6.07 Å². The van der Waals surface area contributed by atoms with E-state index in [9.17, 15) is 10.5 Å². The zero-order valence-electron chi connectivity index (χ0n) is 21.9. The van der Waals surface area contributed by atoms with Gasteiger partial charge in [0.05, 0.1) is 24.5 Å². The number of benzene rings is 1. The van der Waals surface area contributed by atoms with Crippen LogP contribution in [0.1, 0.15) is 56.4 Å². The van der Waals surface area contributed by atoms with Crippen molar-refractivity contribution in [3.63, 3.8) is 0 Å². The first-order valence-corrected chi connectivity index (χ1v) is 13.1. The van der Waals surface area contributed by atoms with Crippen molar-refractivity contribution in [1.82, 2.24) is 14.6 Å². The second-order valence-corrected chi connectivity index (χ2v) is 9.30. The lowest BCUT2D eigenvalue weighted by Crippen LogP contribution is -2.44. The molecule has 1 aromatic carbocycles. The van der Waals surface area contributed by atoms with Gasteiger partial charge in [-0.15, -0.1) is 0 Å². The number of rotatable bonds is 13. The minimum Gasteiger partial charge on any atom is -0.382 e. The van der Waals surface area contributed by atoms with E-state index >= 15 is 0 Å². The molecule has 0 saturated carbocycles. The van der Waals surface area contributed by atoms with Gasteiger partial charge < -0.3 is 24.7 Å². The van der Waals surface area contributed by atoms with Crippen LogP contribution in [0.4, 0.5) is 5.82 Å². The molecule has 3 heterocycles. The number of anilines is 1. The smallest absolute Gasteiger partial charge is 0.225 e. The Labute approximate surface area is 222 Å². The first-order chi connectivity index (χ1) is 18.6. The summed E-state index contributed by atoms with van der Waals surface area (Å²) in [6.45, 7) is 5.71. The maximum Gasteiger partial charge on any atom is 0.225 e. The summed E-state index contributed by atoms with van der Waals surface area (Å²) in [5.74, 6) is 0.130. The molecule has 4 rings (SSSR count). The number of unbranched alkanes of at least 4 members (excludes halogenated alkanes) is 2. The highest BCUT2D eigenvalue weighted by atomic mass is 16.6. The third-order valence-corrected chi connectivity index (χ3v) is 6.66. The van der Waals surface area contributed by atoms with Crippen molar-refractivity contribution in [3.05, 3.63) is 59.5 Å². The SMILES string of the molecule is CCCCOC[C@H]1O[C@@](C#N)(c2cc(C#N)c3c(N)ncnn23)[C@H](OCc2ccccc2)[C@@H]1OCCCC. The van der Waals surface area contributed by atoms with Gasteiger partial charge >= 0.3 is 0 Å².